The highest BCUT2D eigenvalue weighted by molar-refractivity contribution is 5.88. The molecule has 8 heteroatoms. The maximum atomic E-state index is 11.6. The summed E-state index contributed by atoms with van der Waals surface area (Å²) in [6, 6.07) is 5.91. The van der Waals surface area contributed by atoms with Gasteiger partial charge in [-0.1, -0.05) is 33.9 Å². The molecule has 8 nitrogen and oxygen atoms in total. The molecule has 1 N–H and O–H groups in total. The maximum Gasteiger partial charge on any atom is 0.338 e. The molecule has 3 saturated heterocycles. The molecule has 3 aliphatic heterocycles. The highest BCUT2D eigenvalue weighted by Crippen LogP contribution is 2.47. The van der Waals surface area contributed by atoms with E-state index in [2.05, 4.69) is 33.9 Å². The van der Waals surface area contributed by atoms with Crippen LogP contribution in [-0.4, -0.2) is 46.9 Å². The van der Waals surface area contributed by atoms with Gasteiger partial charge in [0.1, 0.15) is 29.3 Å². The Hall–Kier alpha value is -3.13. The Kier molecular flexibility index (Phi) is 9.08. The van der Waals surface area contributed by atoms with Crippen LogP contribution in [0.5, 0.6) is 11.5 Å². The topological polar surface area (TPSA) is 108 Å². The fourth-order valence-corrected chi connectivity index (χ4v) is 4.97. The van der Waals surface area contributed by atoms with Gasteiger partial charge in [0.2, 0.25) is 0 Å². The van der Waals surface area contributed by atoms with E-state index in [1.165, 1.54) is 24.3 Å². The molecule has 38 heavy (non-hydrogen) atoms. The average molecular weight is 528 g/mol. The molecule has 5 rings (SSSR count). The van der Waals surface area contributed by atoms with E-state index in [0.717, 1.165) is 32.1 Å². The molecule has 1 aromatic rings. The number of esters is 3. The van der Waals surface area contributed by atoms with Crippen molar-refractivity contribution in [2.24, 2.45) is 11.3 Å². The lowest BCUT2D eigenvalue weighted by Gasteiger charge is -2.41. The highest BCUT2D eigenvalue weighted by Gasteiger charge is 2.58. The minimum absolute atomic E-state index is 0.00854. The first-order valence-corrected chi connectivity index (χ1v) is 13.0. The van der Waals surface area contributed by atoms with Gasteiger partial charge < -0.3 is 24.1 Å². The van der Waals surface area contributed by atoms with Gasteiger partial charge in [0.25, 0.3) is 0 Å². The SMILES string of the molecule is C=C(C)C(=O)OC1(C(C)(C)C)CCCC1.C=C(C)C(=O)Oc1ccc(O)cc1.O=C1OC2[CH]C3CC1C2O3. The van der Waals surface area contributed by atoms with Crippen molar-refractivity contribution >= 4 is 17.9 Å². The molecule has 4 atom stereocenters. The number of ether oxygens (including phenoxy) is 4. The summed E-state index contributed by atoms with van der Waals surface area (Å²) in [7, 11) is 0. The highest BCUT2D eigenvalue weighted by atomic mass is 16.6. The lowest BCUT2D eigenvalue weighted by molar-refractivity contribution is -0.167. The van der Waals surface area contributed by atoms with Crippen LogP contribution < -0.4 is 4.74 Å². The number of aromatic hydroxyl groups is 1. The summed E-state index contributed by atoms with van der Waals surface area (Å²) in [4.78, 5) is 33.6. The number of rotatable bonds is 4. The Bertz CT molecular complexity index is 1060. The standard InChI is InChI=1S/C13H22O2.C10H10O3.C7H7O3/c1-10(2)11(14)15-13(12(3,4)5)8-6-7-9-13;1-7(2)10(12)13-9-5-3-8(11)4-6-9;8-7-4-1-3-2-5(10-7)6(4)9-3/h1,6-9H2,2-5H3;3-6,11H,1H2,2H3;2-6H,1H2. The molecule has 0 amide bonds. The van der Waals surface area contributed by atoms with E-state index >= 15 is 0 Å². The van der Waals surface area contributed by atoms with Gasteiger partial charge in [0.05, 0.1) is 12.0 Å². The average Bonchev–Trinajstić information content (AvgIpc) is 3.59. The summed E-state index contributed by atoms with van der Waals surface area (Å²) in [5, 5.41) is 8.94. The summed E-state index contributed by atoms with van der Waals surface area (Å²) < 4.78 is 21.0. The van der Waals surface area contributed by atoms with Crippen LogP contribution in [0.3, 0.4) is 0 Å². The number of carbonyl (C=O) groups excluding carboxylic acids is 3. The van der Waals surface area contributed by atoms with Gasteiger partial charge >= 0.3 is 17.9 Å². The molecular formula is C30H39O8. The van der Waals surface area contributed by atoms with E-state index in [9.17, 15) is 14.4 Å². The Morgan fingerprint density at radius 2 is 1.61 bits per heavy atom. The van der Waals surface area contributed by atoms with Gasteiger partial charge in [-0.05, 0) is 70.2 Å². The number of carbonyl (C=O) groups is 3. The van der Waals surface area contributed by atoms with Crippen LogP contribution in [0.2, 0.25) is 0 Å². The third-order valence-electron chi connectivity index (χ3n) is 7.31. The second-order valence-electron chi connectivity index (χ2n) is 11.4. The Morgan fingerprint density at radius 3 is 2.05 bits per heavy atom. The van der Waals surface area contributed by atoms with Crippen LogP contribution in [0.25, 0.3) is 0 Å². The normalized spacial score (nSPS) is 25.8. The van der Waals surface area contributed by atoms with E-state index < -0.39 is 5.97 Å². The second kappa shape index (κ2) is 11.7. The van der Waals surface area contributed by atoms with Gasteiger partial charge in [-0.15, -0.1) is 0 Å². The molecule has 0 spiro atoms. The van der Waals surface area contributed by atoms with Gasteiger partial charge in [0, 0.05) is 23.0 Å². The third-order valence-corrected chi connectivity index (χ3v) is 7.31. The number of phenolic OH excluding ortho intramolecular Hbond substituents is 1. The van der Waals surface area contributed by atoms with Crippen molar-refractivity contribution in [3.05, 3.63) is 55.0 Å². The Balaban J connectivity index is 0.000000160. The number of hydrogen-bond donors (Lipinski definition) is 1. The second-order valence-corrected chi connectivity index (χ2v) is 11.4. The van der Waals surface area contributed by atoms with Gasteiger partial charge in [0.15, 0.2) is 0 Å². The zero-order valence-electron chi connectivity index (χ0n) is 23.0. The smallest absolute Gasteiger partial charge is 0.338 e. The molecular weight excluding hydrogens is 488 g/mol. The minimum atomic E-state index is -0.467. The zero-order chi connectivity index (χ0) is 28.3. The molecule has 4 unspecified atom stereocenters. The lowest BCUT2D eigenvalue weighted by Crippen LogP contribution is -2.44. The van der Waals surface area contributed by atoms with Crippen molar-refractivity contribution in [2.75, 3.05) is 0 Å². The summed E-state index contributed by atoms with van der Waals surface area (Å²) in [5.41, 5.74) is 0.566. The molecule has 3 heterocycles. The lowest BCUT2D eigenvalue weighted by atomic mass is 9.75. The van der Waals surface area contributed by atoms with E-state index in [-0.39, 0.29) is 52.9 Å². The first-order valence-electron chi connectivity index (χ1n) is 13.0. The maximum absolute atomic E-state index is 11.6. The van der Waals surface area contributed by atoms with Crippen LogP contribution in [0.4, 0.5) is 0 Å². The molecule has 1 saturated carbocycles. The fraction of sp³-hybridized carbons (Fsp3) is 0.533. The molecule has 1 aliphatic carbocycles. The minimum Gasteiger partial charge on any atom is -0.508 e. The van der Waals surface area contributed by atoms with Crippen molar-refractivity contribution in [2.45, 2.75) is 90.6 Å². The van der Waals surface area contributed by atoms with Crippen LogP contribution in [0, 0.1) is 17.8 Å². The fourth-order valence-electron chi connectivity index (χ4n) is 4.97. The van der Waals surface area contributed by atoms with Gasteiger partial charge in [-0.25, -0.2) is 9.59 Å². The third kappa shape index (κ3) is 6.84. The number of hydrogen-bond acceptors (Lipinski definition) is 8. The van der Waals surface area contributed by atoms with Crippen LogP contribution in [0.15, 0.2) is 48.6 Å². The summed E-state index contributed by atoms with van der Waals surface area (Å²) in [6.45, 7) is 16.8. The molecule has 4 fully saturated rings. The van der Waals surface area contributed by atoms with E-state index in [0.29, 0.717) is 16.9 Å². The quantitative estimate of drug-likeness (QED) is 0.322. The van der Waals surface area contributed by atoms with E-state index in [4.69, 9.17) is 24.1 Å². The van der Waals surface area contributed by atoms with Crippen molar-refractivity contribution in [1.82, 2.24) is 0 Å². The molecule has 0 aromatic heterocycles. The molecule has 1 aromatic carbocycles. The number of phenols is 1. The number of benzene rings is 1. The van der Waals surface area contributed by atoms with Gasteiger partial charge in [-0.2, -0.15) is 0 Å². The largest absolute Gasteiger partial charge is 0.508 e. The summed E-state index contributed by atoms with van der Waals surface area (Å²) >= 11 is 0. The van der Waals surface area contributed by atoms with Crippen LogP contribution >= 0.6 is 0 Å². The predicted molar refractivity (Wildman–Crippen MR) is 141 cm³/mol. The monoisotopic (exact) mass is 527 g/mol. The van der Waals surface area contributed by atoms with Crippen LogP contribution in [0.1, 0.15) is 66.7 Å². The Labute approximate surface area is 225 Å². The molecule has 4 aliphatic rings. The Morgan fingerprint density at radius 1 is 1.03 bits per heavy atom. The summed E-state index contributed by atoms with van der Waals surface area (Å²) in [6.07, 6.45) is 7.36. The van der Waals surface area contributed by atoms with Crippen molar-refractivity contribution in [3.8, 4) is 11.5 Å². The summed E-state index contributed by atoms with van der Waals surface area (Å²) in [5.74, 6) is -0.190. The molecule has 1 radical (unpaired) electrons. The first-order chi connectivity index (χ1) is 17.7. The number of fused-ring (bicyclic) bond motifs is 1. The van der Waals surface area contributed by atoms with E-state index in [1.54, 1.807) is 13.8 Å². The van der Waals surface area contributed by atoms with E-state index in [1.807, 2.05) is 6.42 Å². The van der Waals surface area contributed by atoms with Crippen molar-refractivity contribution in [3.63, 3.8) is 0 Å². The van der Waals surface area contributed by atoms with Crippen molar-refractivity contribution < 1.29 is 38.4 Å². The van der Waals surface area contributed by atoms with Gasteiger partial charge in [-0.3, -0.25) is 4.79 Å². The zero-order valence-corrected chi connectivity index (χ0v) is 23.0. The first kappa shape index (κ1) is 29.4. The molecule has 2 bridgehead atoms. The van der Waals surface area contributed by atoms with Crippen molar-refractivity contribution in [1.29, 1.82) is 0 Å². The van der Waals surface area contributed by atoms with Crippen LogP contribution in [-0.2, 0) is 28.6 Å². The predicted octanol–water partition coefficient (Wildman–Crippen LogP) is 5.24. The molecule has 207 valence electrons.